The Morgan fingerprint density at radius 2 is 1.26 bits per heavy atom. The lowest BCUT2D eigenvalue weighted by Gasteiger charge is -2.26. The Labute approximate surface area is 342 Å². The third-order valence-electron chi connectivity index (χ3n) is 9.72. The van der Waals surface area contributed by atoms with Crippen molar-refractivity contribution in [3.8, 4) is 22.5 Å². The fourth-order valence-corrected chi connectivity index (χ4v) is 7.06. The molecule has 0 aliphatic heterocycles. The van der Waals surface area contributed by atoms with Crippen LogP contribution in [0.25, 0.3) is 66.4 Å². The highest BCUT2D eigenvalue weighted by atomic mass is 35.5. The van der Waals surface area contributed by atoms with E-state index in [0.717, 1.165) is 85.6 Å². The van der Waals surface area contributed by atoms with Gasteiger partial charge in [-0.1, -0.05) is 19.1 Å². The first-order chi connectivity index (χ1) is 27.4. The lowest BCUT2D eigenvalue weighted by Crippen LogP contribution is -2.37. The average Bonchev–Trinajstić information content (AvgIpc) is 4.02. The second kappa shape index (κ2) is 17.1. The number of aryl methyl sites for hydroxylation is 2. The normalized spacial score (nSPS) is 11.6. The van der Waals surface area contributed by atoms with Crippen molar-refractivity contribution in [2.24, 2.45) is 0 Å². The molecule has 304 valence electrons. The quantitative estimate of drug-likeness (QED) is 0.0916. The number of benzene rings is 2. The summed E-state index contributed by atoms with van der Waals surface area (Å²) in [6.07, 6.45) is 3.09. The number of nitrogens with two attached hydrogens (primary N) is 2. The number of imidazole rings is 2. The second-order valence-electron chi connectivity index (χ2n) is 14.6. The maximum Gasteiger partial charge on any atom is 0.410 e. The Bertz CT molecular complexity index is 2680. The van der Waals surface area contributed by atoms with Crippen LogP contribution in [0.4, 0.5) is 16.4 Å². The molecular weight excluding hydrogens is 756 g/mol. The van der Waals surface area contributed by atoms with Crippen LogP contribution in [0.1, 0.15) is 60.1 Å². The van der Waals surface area contributed by atoms with Gasteiger partial charge in [0.1, 0.15) is 28.3 Å². The second-order valence-corrected chi connectivity index (χ2v) is 14.6. The predicted molar refractivity (Wildman–Crippen MR) is 232 cm³/mol. The van der Waals surface area contributed by atoms with Gasteiger partial charge in [-0.05, 0) is 84.5 Å². The molecule has 2 aromatic carbocycles. The summed E-state index contributed by atoms with van der Waals surface area (Å²) in [5.74, 6) is 2.56. The van der Waals surface area contributed by atoms with Gasteiger partial charge in [0.05, 0.1) is 46.5 Å². The van der Waals surface area contributed by atoms with Gasteiger partial charge in [-0.25, -0.2) is 24.7 Å². The molecule has 0 spiro atoms. The zero-order chi connectivity index (χ0) is 40.4. The third kappa shape index (κ3) is 8.11. The zero-order valence-electron chi connectivity index (χ0n) is 33.9. The van der Waals surface area contributed by atoms with E-state index in [1.54, 1.807) is 17.3 Å². The fourth-order valence-electron chi connectivity index (χ4n) is 7.06. The van der Waals surface area contributed by atoms with E-state index in [9.17, 15) is 4.79 Å². The number of aromatic nitrogens is 10. The Hall–Kier alpha value is -6.26. The van der Waals surface area contributed by atoms with E-state index >= 15 is 0 Å². The number of pyridine rings is 2. The molecule has 8 aromatic rings. The number of nitrogen functional groups attached to an aromatic ring is 2. The highest BCUT2D eigenvalue weighted by Crippen LogP contribution is 2.33. The largest absolute Gasteiger partial charge is 0.444 e. The number of halogens is 1. The molecule has 6 heterocycles. The number of aromatic amines is 2. The van der Waals surface area contributed by atoms with Crippen LogP contribution >= 0.6 is 12.4 Å². The number of anilines is 2. The van der Waals surface area contributed by atoms with Gasteiger partial charge < -0.3 is 35.6 Å². The number of carbonyl (C=O) groups excluding carboxylic acids is 1. The van der Waals surface area contributed by atoms with Gasteiger partial charge in [-0.2, -0.15) is 10.2 Å². The molecule has 1 amide bonds. The van der Waals surface area contributed by atoms with Crippen molar-refractivity contribution >= 4 is 74.0 Å². The number of rotatable bonds is 10. The summed E-state index contributed by atoms with van der Waals surface area (Å²) in [4.78, 5) is 33.0. The van der Waals surface area contributed by atoms with E-state index in [4.69, 9.17) is 26.2 Å². The van der Waals surface area contributed by atoms with Crippen molar-refractivity contribution in [3.05, 3.63) is 72.6 Å². The summed E-state index contributed by atoms with van der Waals surface area (Å²) in [6.45, 7) is 17.7. The van der Waals surface area contributed by atoms with Crippen LogP contribution in [0.15, 0.2) is 60.9 Å². The summed E-state index contributed by atoms with van der Waals surface area (Å²) in [6, 6.07) is 16.1. The van der Waals surface area contributed by atoms with Crippen LogP contribution in [0.2, 0.25) is 0 Å². The summed E-state index contributed by atoms with van der Waals surface area (Å²) >= 11 is 0. The molecule has 0 saturated carbocycles. The summed E-state index contributed by atoms with van der Waals surface area (Å²) in [5, 5.41) is 19.4. The summed E-state index contributed by atoms with van der Waals surface area (Å²) in [7, 11) is 0. The Morgan fingerprint density at radius 3 is 1.69 bits per heavy atom. The number of hydrogen-bond donors (Lipinski definition) is 5. The van der Waals surface area contributed by atoms with E-state index in [2.05, 4.69) is 77.7 Å². The van der Waals surface area contributed by atoms with Crippen molar-refractivity contribution in [2.45, 2.75) is 80.2 Å². The van der Waals surface area contributed by atoms with Crippen LogP contribution in [0.5, 0.6) is 0 Å². The SMILES string of the molecule is CCN(Cc1nc2c(N)nc3cc(-c4ccn[nH]4)ccc3c2n1CC)C(=O)OC(C)(C)C.CCNCc1nc2c(N)nc3cc(-c4ccn[nH]4)ccc3c2n1CC.Cl. The minimum atomic E-state index is -0.563. The minimum Gasteiger partial charge on any atom is -0.444 e. The molecule has 6 aromatic heterocycles. The van der Waals surface area contributed by atoms with Gasteiger partial charge in [-0.15, -0.1) is 12.4 Å². The van der Waals surface area contributed by atoms with Crippen molar-refractivity contribution in [1.82, 2.24) is 59.7 Å². The maximum absolute atomic E-state index is 12.7. The van der Waals surface area contributed by atoms with E-state index in [0.29, 0.717) is 43.3 Å². The van der Waals surface area contributed by atoms with Gasteiger partial charge in [0, 0.05) is 53.9 Å². The number of amides is 1. The van der Waals surface area contributed by atoms with Crippen LogP contribution in [0.3, 0.4) is 0 Å². The highest BCUT2D eigenvalue weighted by molar-refractivity contribution is 6.08. The first-order valence-electron chi connectivity index (χ1n) is 19.3. The number of nitrogens with one attached hydrogen (secondary N) is 3. The number of fused-ring (bicyclic) bond motifs is 6. The van der Waals surface area contributed by atoms with Gasteiger partial charge >= 0.3 is 6.09 Å². The number of nitrogens with zero attached hydrogens (tertiary/aromatic N) is 9. The number of H-pyrrole nitrogens is 2. The van der Waals surface area contributed by atoms with E-state index in [1.165, 1.54) is 0 Å². The zero-order valence-corrected chi connectivity index (χ0v) is 34.7. The molecule has 0 radical (unpaired) electrons. The highest BCUT2D eigenvalue weighted by Gasteiger charge is 2.25. The lowest BCUT2D eigenvalue weighted by molar-refractivity contribution is 0.0238. The lowest BCUT2D eigenvalue weighted by atomic mass is 10.1. The Balaban J connectivity index is 0.000000198. The van der Waals surface area contributed by atoms with E-state index in [-0.39, 0.29) is 18.5 Å². The minimum absolute atomic E-state index is 0. The Morgan fingerprint density at radius 1 is 0.759 bits per heavy atom. The molecule has 17 heteroatoms. The van der Waals surface area contributed by atoms with Crippen LogP contribution < -0.4 is 16.8 Å². The van der Waals surface area contributed by atoms with E-state index in [1.807, 2.05) is 64.1 Å². The van der Waals surface area contributed by atoms with Gasteiger partial charge in [0.25, 0.3) is 0 Å². The molecule has 0 aliphatic rings. The molecule has 0 fully saturated rings. The van der Waals surface area contributed by atoms with Gasteiger partial charge in [-0.3, -0.25) is 10.2 Å². The molecule has 0 bridgehead atoms. The van der Waals surface area contributed by atoms with Crippen molar-refractivity contribution < 1.29 is 9.53 Å². The summed E-state index contributed by atoms with van der Waals surface area (Å²) in [5.41, 5.74) is 20.9. The number of ether oxygens (including phenoxy) is 1. The first kappa shape index (κ1) is 41.4. The van der Waals surface area contributed by atoms with Crippen molar-refractivity contribution in [3.63, 3.8) is 0 Å². The predicted octanol–water partition coefficient (Wildman–Crippen LogP) is 7.44. The van der Waals surface area contributed by atoms with Crippen molar-refractivity contribution in [1.29, 1.82) is 0 Å². The average molecular weight is 807 g/mol. The van der Waals surface area contributed by atoms with E-state index < -0.39 is 5.60 Å². The smallest absolute Gasteiger partial charge is 0.410 e. The molecule has 0 aliphatic carbocycles. The van der Waals surface area contributed by atoms with Crippen LogP contribution in [-0.4, -0.2) is 79.1 Å². The van der Waals surface area contributed by atoms with Crippen molar-refractivity contribution in [2.75, 3.05) is 24.6 Å². The molecule has 0 unspecified atom stereocenters. The maximum atomic E-state index is 12.7. The van der Waals surface area contributed by atoms with Gasteiger partial charge in [0.2, 0.25) is 0 Å². The van der Waals surface area contributed by atoms with Gasteiger partial charge in [0.15, 0.2) is 11.6 Å². The monoisotopic (exact) mass is 806 g/mol. The van der Waals surface area contributed by atoms with Crippen LogP contribution in [0, 0.1) is 0 Å². The molecular formula is C41H51ClN14O2. The summed E-state index contributed by atoms with van der Waals surface area (Å²) < 4.78 is 9.87. The molecule has 0 atom stereocenters. The topological polar surface area (TPSA) is 212 Å². The Kier molecular flexibility index (Phi) is 12.2. The van der Waals surface area contributed by atoms with Crippen LogP contribution in [-0.2, 0) is 30.9 Å². The number of hydrogen-bond acceptors (Lipinski definition) is 11. The molecule has 8 rings (SSSR count). The molecule has 16 nitrogen and oxygen atoms in total. The first-order valence-corrected chi connectivity index (χ1v) is 19.3. The third-order valence-corrected chi connectivity index (χ3v) is 9.72. The number of carbonyl (C=O) groups is 1. The molecule has 58 heavy (non-hydrogen) atoms. The fraction of sp³-hybridized carbons (Fsp3) is 0.341. The standard InChI is InChI=1S/C23H29N7O2.C18H21N7.ClH/c1-6-29(22(31)32-23(3,4)5)13-18-27-19-20(30(18)7-2)15-9-8-14(16-10-11-25-28-16)12-17(15)26-21(19)24;1-3-20-10-15-23-16-17(25(15)4-2)12-6-5-11(13-7-8-21-24-13)9-14(12)22-18(16)19;/h8-12H,6-7,13H2,1-5H3,(H2,24,26)(H,25,28);5-9,20H,3-4,10H2,1-2H3,(H2,19,22)(H,21,24);1H. The molecule has 7 N–H and O–H groups in total. The molecule has 0 saturated heterocycles.